The number of imidazole rings is 2. The molecular weight excluding hydrogens is 292 g/mol. The number of rotatable bonds is 1. The first-order valence-electron chi connectivity index (χ1n) is 5.65. The highest BCUT2D eigenvalue weighted by atomic mass is 32.1. The van der Waals surface area contributed by atoms with Gasteiger partial charge in [-0.3, -0.25) is 0 Å². The fourth-order valence-corrected chi connectivity index (χ4v) is 3.50. The Hall–Kier alpha value is -2.50. The summed E-state index contributed by atoms with van der Waals surface area (Å²) in [5, 5.41) is 1.65. The molecule has 4 aromatic heterocycles. The Kier molecular flexibility index (Phi) is 2.58. The number of aromatic amines is 2. The van der Waals surface area contributed by atoms with Gasteiger partial charge in [0.05, 0.1) is 30.7 Å². The smallest absolute Gasteiger partial charge is 0.170 e. The molecule has 0 amide bonds. The van der Waals surface area contributed by atoms with Crippen molar-refractivity contribution >= 4 is 32.3 Å². The van der Waals surface area contributed by atoms with Crippen LogP contribution in [0.15, 0.2) is 25.0 Å². The zero-order valence-electron chi connectivity index (χ0n) is 9.91. The van der Waals surface area contributed by atoms with Crippen molar-refractivity contribution in [1.82, 2.24) is 29.9 Å². The van der Waals surface area contributed by atoms with Crippen molar-refractivity contribution in [3.8, 4) is 22.5 Å². The molecule has 4 aromatic rings. The molecule has 2 N–H and O–H groups in total. The highest BCUT2D eigenvalue weighted by Gasteiger charge is 2.11. The quantitative estimate of drug-likeness (QED) is 0.528. The predicted octanol–water partition coefficient (Wildman–Crippen LogP) is 2.27. The first-order chi connectivity index (χ1) is 9.88. The van der Waals surface area contributed by atoms with Crippen LogP contribution in [-0.2, 0) is 0 Å². The second-order valence-electron chi connectivity index (χ2n) is 3.83. The topological polar surface area (TPSA) is 83.1 Å². The van der Waals surface area contributed by atoms with Gasteiger partial charge in [0.15, 0.2) is 14.7 Å². The Labute approximate surface area is 121 Å². The molecule has 0 bridgehead atoms. The van der Waals surface area contributed by atoms with Crippen LogP contribution in [-0.4, -0.2) is 29.9 Å². The lowest BCUT2D eigenvalue weighted by atomic mass is 10.5. The molecule has 20 heavy (non-hydrogen) atoms. The van der Waals surface area contributed by atoms with Crippen LogP contribution in [0.2, 0.25) is 0 Å². The van der Waals surface area contributed by atoms with Crippen molar-refractivity contribution in [2.24, 2.45) is 0 Å². The molecule has 0 spiro atoms. The molecule has 0 aliphatic heterocycles. The van der Waals surface area contributed by atoms with Gasteiger partial charge in [-0.15, -0.1) is 0 Å². The zero-order valence-corrected chi connectivity index (χ0v) is 11.5. The molecule has 4 rings (SSSR count). The fourth-order valence-electron chi connectivity index (χ4n) is 1.63. The monoisotopic (exact) mass is 298 g/mol. The molecule has 96 valence electrons. The third-order valence-electron chi connectivity index (χ3n) is 2.51. The minimum Gasteiger partial charge on any atom is -0.343 e. The normalized spacial score (nSPS) is 10.6. The maximum absolute atomic E-state index is 4.54. The van der Waals surface area contributed by atoms with Gasteiger partial charge in [0.25, 0.3) is 0 Å². The van der Waals surface area contributed by atoms with E-state index in [4.69, 9.17) is 0 Å². The Morgan fingerprint density at radius 3 is 2.50 bits per heavy atom. The lowest BCUT2D eigenvalue weighted by molar-refractivity contribution is 1.30. The molecule has 0 aliphatic rings. The summed E-state index contributed by atoms with van der Waals surface area (Å²) in [6.07, 6.45) is 6.67. The zero-order chi connectivity index (χ0) is 13.4. The van der Waals surface area contributed by atoms with Gasteiger partial charge in [0.1, 0.15) is 10.7 Å². The minimum absolute atomic E-state index is 0.754. The van der Waals surface area contributed by atoms with E-state index in [1.807, 2.05) is 0 Å². The number of nitrogens with zero attached hydrogens (tertiary/aromatic N) is 4. The van der Waals surface area contributed by atoms with Crippen molar-refractivity contribution < 1.29 is 0 Å². The molecular formula is C12H6N6S2. The van der Waals surface area contributed by atoms with E-state index in [9.17, 15) is 0 Å². The molecule has 0 radical (unpaired) electrons. The Morgan fingerprint density at radius 1 is 0.900 bits per heavy atom. The van der Waals surface area contributed by atoms with Crippen LogP contribution in [0.25, 0.3) is 20.4 Å². The molecule has 8 heteroatoms. The van der Waals surface area contributed by atoms with Crippen LogP contribution in [0, 0.1) is 11.8 Å². The number of hydrogen-bond acceptors (Lipinski definition) is 6. The highest BCUT2D eigenvalue weighted by Crippen LogP contribution is 2.31. The van der Waals surface area contributed by atoms with E-state index < -0.39 is 0 Å². The van der Waals surface area contributed by atoms with Crippen molar-refractivity contribution in [3.05, 3.63) is 35.7 Å². The highest BCUT2D eigenvalue weighted by molar-refractivity contribution is 7.28. The van der Waals surface area contributed by atoms with Gasteiger partial charge in [-0.05, 0) is 11.8 Å². The summed E-state index contributed by atoms with van der Waals surface area (Å²) in [5.74, 6) is 5.98. The van der Waals surface area contributed by atoms with Gasteiger partial charge in [-0.2, -0.15) is 0 Å². The average Bonchev–Trinajstić information content (AvgIpc) is 3.19. The molecule has 0 atom stereocenters. The third-order valence-corrected chi connectivity index (χ3v) is 4.48. The number of aromatic nitrogens is 6. The standard InChI is InChI=1S/C12H6N6S2/c1(7-3-13-5-15-7)2-9-17-11-12(19-9)18-10(20-11)8-4-14-6-16-8/h3-6H,(H,13,15)(H,14,16). The second kappa shape index (κ2) is 4.56. The summed E-state index contributed by atoms with van der Waals surface area (Å²) in [4.78, 5) is 24.7. The van der Waals surface area contributed by atoms with Gasteiger partial charge >= 0.3 is 0 Å². The van der Waals surface area contributed by atoms with Gasteiger partial charge in [0.2, 0.25) is 0 Å². The van der Waals surface area contributed by atoms with Crippen LogP contribution in [0.5, 0.6) is 0 Å². The number of hydrogen-bond donors (Lipinski definition) is 2. The van der Waals surface area contributed by atoms with Gasteiger partial charge in [-0.25, -0.2) is 19.9 Å². The van der Waals surface area contributed by atoms with E-state index in [0.717, 1.165) is 31.1 Å². The Morgan fingerprint density at radius 2 is 1.75 bits per heavy atom. The fraction of sp³-hybridized carbons (Fsp3) is 0. The number of nitrogens with one attached hydrogen (secondary N) is 2. The maximum atomic E-state index is 4.54. The van der Waals surface area contributed by atoms with Crippen molar-refractivity contribution in [3.63, 3.8) is 0 Å². The molecule has 0 aliphatic carbocycles. The summed E-state index contributed by atoms with van der Waals surface area (Å²) < 4.78 is 0. The SMILES string of the molecule is C(#Cc1nc2sc(-c3cnc[nH]3)nc2s1)c1cnc[nH]1. The Bertz CT molecular complexity index is 873. The van der Waals surface area contributed by atoms with E-state index in [2.05, 4.69) is 41.7 Å². The summed E-state index contributed by atoms with van der Waals surface area (Å²) in [7, 11) is 0. The van der Waals surface area contributed by atoms with E-state index in [-0.39, 0.29) is 0 Å². The molecule has 0 saturated heterocycles. The molecule has 4 heterocycles. The third kappa shape index (κ3) is 1.99. The van der Waals surface area contributed by atoms with Crippen LogP contribution in [0.3, 0.4) is 0 Å². The molecule has 0 aromatic carbocycles. The minimum atomic E-state index is 0.754. The van der Waals surface area contributed by atoms with Crippen LogP contribution < -0.4 is 0 Å². The van der Waals surface area contributed by atoms with E-state index in [1.165, 1.54) is 22.7 Å². The van der Waals surface area contributed by atoms with Crippen molar-refractivity contribution in [2.75, 3.05) is 0 Å². The summed E-state index contributed by atoms with van der Waals surface area (Å²) in [6, 6.07) is 0. The number of H-pyrrole nitrogens is 2. The lowest BCUT2D eigenvalue weighted by Crippen LogP contribution is -1.74. The number of thiazole rings is 2. The Balaban J connectivity index is 1.69. The summed E-state index contributed by atoms with van der Waals surface area (Å²) in [5.41, 5.74) is 1.68. The first kappa shape index (κ1) is 11.3. The van der Waals surface area contributed by atoms with E-state index >= 15 is 0 Å². The maximum Gasteiger partial charge on any atom is 0.170 e. The molecule has 0 unspecified atom stereocenters. The number of fused-ring (bicyclic) bond motifs is 1. The van der Waals surface area contributed by atoms with Gasteiger partial charge in [-0.1, -0.05) is 22.7 Å². The van der Waals surface area contributed by atoms with Crippen molar-refractivity contribution in [1.29, 1.82) is 0 Å². The van der Waals surface area contributed by atoms with Gasteiger partial charge < -0.3 is 9.97 Å². The summed E-state index contributed by atoms with van der Waals surface area (Å²) in [6.45, 7) is 0. The predicted molar refractivity (Wildman–Crippen MR) is 77.4 cm³/mol. The van der Waals surface area contributed by atoms with Crippen LogP contribution in [0.4, 0.5) is 0 Å². The van der Waals surface area contributed by atoms with Crippen LogP contribution in [0.1, 0.15) is 10.7 Å². The van der Waals surface area contributed by atoms with Crippen molar-refractivity contribution in [2.45, 2.75) is 0 Å². The first-order valence-corrected chi connectivity index (χ1v) is 7.28. The average molecular weight is 298 g/mol. The van der Waals surface area contributed by atoms with E-state index in [1.54, 1.807) is 25.0 Å². The molecule has 0 fully saturated rings. The molecule has 0 saturated carbocycles. The lowest BCUT2D eigenvalue weighted by Gasteiger charge is -1.85. The van der Waals surface area contributed by atoms with Gasteiger partial charge in [0, 0.05) is 0 Å². The van der Waals surface area contributed by atoms with E-state index in [0.29, 0.717) is 0 Å². The second-order valence-corrected chi connectivity index (χ2v) is 5.78. The largest absolute Gasteiger partial charge is 0.343 e. The van der Waals surface area contributed by atoms with Crippen LogP contribution >= 0.6 is 22.7 Å². The summed E-state index contributed by atoms with van der Waals surface area (Å²) >= 11 is 3.01. The molecule has 6 nitrogen and oxygen atoms in total.